The van der Waals surface area contributed by atoms with E-state index in [4.69, 9.17) is 10.5 Å². The molecule has 4 unspecified atom stereocenters. The first kappa shape index (κ1) is 11.5. The van der Waals surface area contributed by atoms with E-state index in [1.807, 2.05) is 0 Å². The first-order chi connectivity index (χ1) is 8.25. The molecule has 96 valence electrons. The molecule has 0 aromatic rings. The molecule has 3 N–H and O–H groups in total. The second-order valence-corrected chi connectivity index (χ2v) is 5.81. The van der Waals surface area contributed by atoms with E-state index in [1.165, 1.54) is 19.3 Å². The molecule has 0 bridgehead atoms. The Hall–Kier alpha value is -0.610. The average molecular weight is 238 g/mol. The molecule has 0 aromatic heterocycles. The third-order valence-electron chi connectivity index (χ3n) is 4.70. The molecule has 2 saturated carbocycles. The van der Waals surface area contributed by atoms with Gasteiger partial charge in [-0.1, -0.05) is 6.42 Å². The molecule has 17 heavy (non-hydrogen) atoms. The highest BCUT2D eigenvalue weighted by atomic mass is 16.5. The Morgan fingerprint density at radius 2 is 2.12 bits per heavy atom. The van der Waals surface area contributed by atoms with Gasteiger partial charge >= 0.3 is 0 Å². The molecular weight excluding hydrogens is 216 g/mol. The standard InChI is InChI=1S/C13H22N2O2/c14-11-9-5-2-6-17-13(9)12(11)15-10(16)7-8-3-1-4-8/h8-9,11-13H,1-7,14H2,(H,15,16). The summed E-state index contributed by atoms with van der Waals surface area (Å²) in [5.41, 5.74) is 6.11. The van der Waals surface area contributed by atoms with E-state index in [0.717, 1.165) is 19.4 Å². The molecule has 0 aromatic carbocycles. The second-order valence-electron chi connectivity index (χ2n) is 5.81. The van der Waals surface area contributed by atoms with Crippen LogP contribution in [-0.2, 0) is 9.53 Å². The van der Waals surface area contributed by atoms with Crippen molar-refractivity contribution in [2.75, 3.05) is 6.61 Å². The topological polar surface area (TPSA) is 64.3 Å². The maximum absolute atomic E-state index is 11.8. The van der Waals surface area contributed by atoms with Crippen molar-refractivity contribution in [3.63, 3.8) is 0 Å². The molecule has 2 aliphatic carbocycles. The van der Waals surface area contributed by atoms with Crippen molar-refractivity contribution in [3.8, 4) is 0 Å². The van der Waals surface area contributed by atoms with Gasteiger partial charge in [-0.05, 0) is 31.6 Å². The van der Waals surface area contributed by atoms with Crippen LogP contribution >= 0.6 is 0 Å². The monoisotopic (exact) mass is 238 g/mol. The third-order valence-corrected chi connectivity index (χ3v) is 4.70. The van der Waals surface area contributed by atoms with Crippen molar-refractivity contribution in [1.29, 1.82) is 0 Å². The zero-order valence-electron chi connectivity index (χ0n) is 10.2. The lowest BCUT2D eigenvalue weighted by atomic mass is 9.68. The second kappa shape index (κ2) is 4.58. The van der Waals surface area contributed by atoms with Crippen LogP contribution in [0.1, 0.15) is 38.5 Å². The molecule has 0 radical (unpaired) electrons. The van der Waals surface area contributed by atoms with E-state index in [-0.39, 0.29) is 24.1 Å². The molecule has 3 aliphatic rings. The molecular formula is C13H22N2O2. The van der Waals surface area contributed by atoms with Crippen molar-refractivity contribution in [2.45, 2.75) is 56.7 Å². The number of amides is 1. The summed E-state index contributed by atoms with van der Waals surface area (Å²) in [6.07, 6.45) is 6.84. The van der Waals surface area contributed by atoms with E-state index in [9.17, 15) is 4.79 Å². The Morgan fingerprint density at radius 3 is 2.82 bits per heavy atom. The maximum Gasteiger partial charge on any atom is 0.220 e. The van der Waals surface area contributed by atoms with E-state index < -0.39 is 0 Å². The Labute approximate surface area is 102 Å². The van der Waals surface area contributed by atoms with Gasteiger partial charge in [-0.3, -0.25) is 4.79 Å². The summed E-state index contributed by atoms with van der Waals surface area (Å²) in [6, 6.07) is 0.165. The zero-order chi connectivity index (χ0) is 11.8. The number of ether oxygens (including phenoxy) is 1. The quantitative estimate of drug-likeness (QED) is 0.764. The normalized spacial score (nSPS) is 41.0. The molecule has 1 amide bonds. The summed E-state index contributed by atoms with van der Waals surface area (Å²) in [6.45, 7) is 0.822. The van der Waals surface area contributed by atoms with Gasteiger partial charge in [-0.15, -0.1) is 0 Å². The van der Waals surface area contributed by atoms with Crippen LogP contribution in [0, 0.1) is 11.8 Å². The Bertz CT molecular complexity index is 304. The summed E-state index contributed by atoms with van der Waals surface area (Å²) in [7, 11) is 0. The zero-order valence-corrected chi connectivity index (χ0v) is 10.2. The lowest BCUT2D eigenvalue weighted by Crippen LogP contribution is -2.72. The minimum atomic E-state index is 0.0628. The van der Waals surface area contributed by atoms with Gasteiger partial charge in [0.1, 0.15) is 0 Å². The predicted octanol–water partition coefficient (Wildman–Crippen LogP) is 0.797. The fraction of sp³-hybridized carbons (Fsp3) is 0.923. The van der Waals surface area contributed by atoms with E-state index in [1.54, 1.807) is 0 Å². The Kier molecular flexibility index (Phi) is 3.09. The minimum absolute atomic E-state index is 0.0628. The van der Waals surface area contributed by atoms with Crippen LogP contribution < -0.4 is 11.1 Å². The third kappa shape index (κ3) is 2.08. The van der Waals surface area contributed by atoms with Gasteiger partial charge in [0.15, 0.2) is 0 Å². The molecule has 1 aliphatic heterocycles. The summed E-state index contributed by atoms with van der Waals surface area (Å²) < 4.78 is 5.71. The highest BCUT2D eigenvalue weighted by molar-refractivity contribution is 5.77. The summed E-state index contributed by atoms with van der Waals surface area (Å²) in [5, 5.41) is 3.08. The largest absolute Gasteiger partial charge is 0.376 e. The van der Waals surface area contributed by atoms with Crippen molar-refractivity contribution in [2.24, 2.45) is 17.6 Å². The molecule has 3 rings (SSSR count). The SMILES string of the molecule is NC1C2CCCOC2C1NC(=O)CC1CCC1. The number of rotatable bonds is 3. The summed E-state index contributed by atoms with van der Waals surface area (Å²) in [4.78, 5) is 11.8. The lowest BCUT2D eigenvalue weighted by Gasteiger charge is -2.52. The Balaban J connectivity index is 1.49. The first-order valence-corrected chi connectivity index (χ1v) is 6.92. The van der Waals surface area contributed by atoms with Crippen LogP contribution in [0.15, 0.2) is 0 Å². The van der Waals surface area contributed by atoms with Gasteiger partial charge < -0.3 is 15.8 Å². The van der Waals surface area contributed by atoms with E-state index in [0.29, 0.717) is 18.3 Å². The van der Waals surface area contributed by atoms with Crippen LogP contribution in [0.25, 0.3) is 0 Å². The number of nitrogens with one attached hydrogen (secondary N) is 1. The van der Waals surface area contributed by atoms with Gasteiger partial charge in [0.2, 0.25) is 5.91 Å². The Morgan fingerprint density at radius 1 is 1.29 bits per heavy atom. The molecule has 4 nitrogen and oxygen atoms in total. The van der Waals surface area contributed by atoms with Gasteiger partial charge in [-0.25, -0.2) is 0 Å². The molecule has 1 saturated heterocycles. The van der Waals surface area contributed by atoms with Crippen molar-refractivity contribution in [3.05, 3.63) is 0 Å². The number of hydrogen-bond donors (Lipinski definition) is 2. The number of carbonyl (C=O) groups excluding carboxylic acids is 1. The lowest BCUT2D eigenvalue weighted by molar-refractivity contribution is -0.140. The van der Waals surface area contributed by atoms with Gasteiger partial charge in [0.05, 0.1) is 12.1 Å². The van der Waals surface area contributed by atoms with Crippen molar-refractivity contribution < 1.29 is 9.53 Å². The first-order valence-electron chi connectivity index (χ1n) is 6.92. The predicted molar refractivity (Wildman–Crippen MR) is 64.3 cm³/mol. The summed E-state index contributed by atoms with van der Waals surface area (Å²) in [5.74, 6) is 1.26. The number of carbonyl (C=O) groups is 1. The van der Waals surface area contributed by atoms with Crippen LogP contribution in [0.4, 0.5) is 0 Å². The van der Waals surface area contributed by atoms with E-state index in [2.05, 4.69) is 5.32 Å². The molecule has 1 heterocycles. The smallest absolute Gasteiger partial charge is 0.220 e. The van der Waals surface area contributed by atoms with Crippen LogP contribution in [-0.4, -0.2) is 30.7 Å². The van der Waals surface area contributed by atoms with Crippen LogP contribution in [0.3, 0.4) is 0 Å². The van der Waals surface area contributed by atoms with Crippen molar-refractivity contribution in [1.82, 2.24) is 5.32 Å². The van der Waals surface area contributed by atoms with Crippen LogP contribution in [0.2, 0.25) is 0 Å². The molecule has 0 spiro atoms. The highest BCUT2D eigenvalue weighted by Crippen LogP contribution is 2.37. The highest BCUT2D eigenvalue weighted by Gasteiger charge is 2.51. The number of fused-ring (bicyclic) bond motifs is 1. The fourth-order valence-electron chi connectivity index (χ4n) is 3.33. The minimum Gasteiger partial charge on any atom is -0.376 e. The van der Waals surface area contributed by atoms with Crippen LogP contribution in [0.5, 0.6) is 0 Å². The average Bonchev–Trinajstić information content (AvgIpc) is 2.30. The van der Waals surface area contributed by atoms with Crippen molar-refractivity contribution >= 4 is 5.91 Å². The van der Waals surface area contributed by atoms with Gasteiger partial charge in [-0.2, -0.15) is 0 Å². The molecule has 3 fully saturated rings. The molecule has 4 atom stereocenters. The van der Waals surface area contributed by atoms with Gasteiger partial charge in [0.25, 0.3) is 0 Å². The molecule has 4 heteroatoms. The van der Waals surface area contributed by atoms with Gasteiger partial charge in [0, 0.05) is 25.0 Å². The number of hydrogen-bond acceptors (Lipinski definition) is 3. The fourth-order valence-corrected chi connectivity index (χ4v) is 3.33. The van der Waals surface area contributed by atoms with E-state index >= 15 is 0 Å². The number of nitrogens with two attached hydrogens (primary N) is 1. The summed E-state index contributed by atoms with van der Waals surface area (Å²) >= 11 is 0. The maximum atomic E-state index is 11.8.